The van der Waals surface area contributed by atoms with Crippen LogP contribution in [0.3, 0.4) is 0 Å². The molecule has 14 heavy (non-hydrogen) atoms. The zero-order valence-corrected chi connectivity index (χ0v) is 9.02. The lowest BCUT2D eigenvalue weighted by Crippen LogP contribution is -2.04. The standard InChI is InChI=1S/C12H16N2/c1-9-7-10(2)12(11(3)8-9)14-6-4-5-13/h7-8,14H,4,6H2,1-3H3. The number of hydrogen-bond acceptors (Lipinski definition) is 2. The third-order valence-corrected chi connectivity index (χ3v) is 2.22. The molecule has 0 heterocycles. The molecule has 0 radical (unpaired) electrons. The second-order valence-corrected chi connectivity index (χ2v) is 3.61. The Kier molecular flexibility index (Phi) is 3.53. The molecule has 0 unspecified atom stereocenters. The molecule has 1 rings (SSSR count). The summed E-state index contributed by atoms with van der Waals surface area (Å²) in [7, 11) is 0. The topological polar surface area (TPSA) is 35.8 Å². The van der Waals surface area contributed by atoms with Gasteiger partial charge in [0.25, 0.3) is 0 Å². The lowest BCUT2D eigenvalue weighted by molar-refractivity contribution is 1.06. The van der Waals surface area contributed by atoms with Crippen molar-refractivity contribution in [3.8, 4) is 6.07 Å². The number of benzene rings is 1. The summed E-state index contributed by atoms with van der Waals surface area (Å²) in [6, 6.07) is 6.43. The highest BCUT2D eigenvalue weighted by Gasteiger charge is 2.01. The highest BCUT2D eigenvalue weighted by Crippen LogP contribution is 2.21. The molecular formula is C12H16N2. The van der Waals surface area contributed by atoms with Crippen LogP contribution in [0.25, 0.3) is 0 Å². The van der Waals surface area contributed by atoms with E-state index in [1.807, 2.05) is 0 Å². The van der Waals surface area contributed by atoms with Crippen LogP contribution in [0.15, 0.2) is 12.1 Å². The first-order valence-electron chi connectivity index (χ1n) is 4.84. The van der Waals surface area contributed by atoms with Crippen molar-refractivity contribution in [3.05, 3.63) is 28.8 Å². The summed E-state index contributed by atoms with van der Waals surface area (Å²) in [6.07, 6.45) is 0.548. The van der Waals surface area contributed by atoms with E-state index in [-0.39, 0.29) is 0 Å². The molecule has 0 amide bonds. The zero-order chi connectivity index (χ0) is 10.6. The van der Waals surface area contributed by atoms with Gasteiger partial charge in [0, 0.05) is 12.2 Å². The molecule has 0 aliphatic rings. The monoisotopic (exact) mass is 188 g/mol. The van der Waals surface area contributed by atoms with E-state index in [4.69, 9.17) is 5.26 Å². The van der Waals surface area contributed by atoms with Crippen LogP contribution in [0.2, 0.25) is 0 Å². The van der Waals surface area contributed by atoms with Crippen LogP contribution in [0.5, 0.6) is 0 Å². The molecule has 1 aromatic carbocycles. The Morgan fingerprint density at radius 3 is 2.29 bits per heavy atom. The van der Waals surface area contributed by atoms with Gasteiger partial charge in [-0.15, -0.1) is 0 Å². The third kappa shape index (κ3) is 2.50. The maximum absolute atomic E-state index is 8.44. The quantitative estimate of drug-likeness (QED) is 0.740. The number of nitriles is 1. The van der Waals surface area contributed by atoms with E-state index in [0.717, 1.165) is 6.54 Å². The summed E-state index contributed by atoms with van der Waals surface area (Å²) in [5.41, 5.74) is 4.96. The predicted molar refractivity (Wildman–Crippen MR) is 59.4 cm³/mol. The Labute approximate surface area is 85.6 Å². The zero-order valence-electron chi connectivity index (χ0n) is 9.02. The summed E-state index contributed by atoms with van der Waals surface area (Å²) < 4.78 is 0. The molecule has 0 aliphatic carbocycles. The van der Waals surface area contributed by atoms with Gasteiger partial charge in [0.15, 0.2) is 0 Å². The number of nitrogens with one attached hydrogen (secondary N) is 1. The summed E-state index contributed by atoms with van der Waals surface area (Å²) in [4.78, 5) is 0. The Morgan fingerprint density at radius 1 is 1.21 bits per heavy atom. The van der Waals surface area contributed by atoms with Gasteiger partial charge in [-0.25, -0.2) is 0 Å². The highest BCUT2D eigenvalue weighted by molar-refractivity contribution is 5.58. The molecular weight excluding hydrogens is 172 g/mol. The fraction of sp³-hybridized carbons (Fsp3) is 0.417. The first-order valence-corrected chi connectivity index (χ1v) is 4.84. The van der Waals surface area contributed by atoms with E-state index in [2.05, 4.69) is 44.3 Å². The van der Waals surface area contributed by atoms with Crippen molar-refractivity contribution >= 4 is 5.69 Å². The molecule has 0 saturated heterocycles. The van der Waals surface area contributed by atoms with Crippen molar-refractivity contribution < 1.29 is 0 Å². The van der Waals surface area contributed by atoms with Crippen LogP contribution in [0.4, 0.5) is 5.69 Å². The predicted octanol–water partition coefficient (Wildman–Crippen LogP) is 2.94. The van der Waals surface area contributed by atoms with Gasteiger partial charge in [-0.05, 0) is 31.9 Å². The SMILES string of the molecule is Cc1cc(C)c(NCCC#N)c(C)c1. The van der Waals surface area contributed by atoms with Gasteiger partial charge in [0.1, 0.15) is 0 Å². The van der Waals surface area contributed by atoms with Crippen LogP contribution in [0, 0.1) is 32.1 Å². The van der Waals surface area contributed by atoms with Gasteiger partial charge in [0.2, 0.25) is 0 Å². The minimum atomic E-state index is 0.548. The minimum absolute atomic E-state index is 0.548. The number of anilines is 1. The minimum Gasteiger partial charge on any atom is -0.384 e. The molecule has 0 spiro atoms. The molecule has 0 aromatic heterocycles. The van der Waals surface area contributed by atoms with Crippen molar-refractivity contribution in [2.24, 2.45) is 0 Å². The largest absolute Gasteiger partial charge is 0.384 e. The van der Waals surface area contributed by atoms with Crippen molar-refractivity contribution in [1.29, 1.82) is 5.26 Å². The average Bonchev–Trinajstić information content (AvgIpc) is 2.09. The molecule has 2 heteroatoms. The normalized spacial score (nSPS) is 9.57. The number of rotatable bonds is 3. The molecule has 0 aliphatic heterocycles. The first-order chi connectivity index (χ1) is 6.65. The second kappa shape index (κ2) is 4.66. The fourth-order valence-electron chi connectivity index (χ4n) is 1.70. The molecule has 2 nitrogen and oxygen atoms in total. The first kappa shape index (κ1) is 10.6. The van der Waals surface area contributed by atoms with Gasteiger partial charge in [-0.2, -0.15) is 5.26 Å². The van der Waals surface area contributed by atoms with Crippen molar-refractivity contribution in [1.82, 2.24) is 0 Å². The van der Waals surface area contributed by atoms with Gasteiger partial charge < -0.3 is 5.32 Å². The van der Waals surface area contributed by atoms with Crippen LogP contribution in [-0.4, -0.2) is 6.54 Å². The third-order valence-electron chi connectivity index (χ3n) is 2.22. The second-order valence-electron chi connectivity index (χ2n) is 3.61. The van der Waals surface area contributed by atoms with Crippen LogP contribution in [0.1, 0.15) is 23.1 Å². The van der Waals surface area contributed by atoms with E-state index < -0.39 is 0 Å². The Bertz CT molecular complexity index is 338. The number of nitrogens with zero attached hydrogens (tertiary/aromatic N) is 1. The van der Waals surface area contributed by atoms with E-state index >= 15 is 0 Å². The maximum Gasteiger partial charge on any atom is 0.0640 e. The van der Waals surface area contributed by atoms with Gasteiger partial charge in [-0.1, -0.05) is 17.7 Å². The Hall–Kier alpha value is -1.49. The average molecular weight is 188 g/mol. The molecule has 0 saturated carbocycles. The number of aryl methyl sites for hydroxylation is 3. The van der Waals surface area contributed by atoms with Crippen LogP contribution >= 0.6 is 0 Å². The van der Waals surface area contributed by atoms with Gasteiger partial charge in [0.05, 0.1) is 12.5 Å². The van der Waals surface area contributed by atoms with Crippen molar-refractivity contribution in [2.75, 3.05) is 11.9 Å². The summed E-state index contributed by atoms with van der Waals surface area (Å²) >= 11 is 0. The smallest absolute Gasteiger partial charge is 0.0640 e. The van der Waals surface area contributed by atoms with Crippen molar-refractivity contribution in [2.45, 2.75) is 27.2 Å². The summed E-state index contributed by atoms with van der Waals surface area (Å²) in [6.45, 7) is 7.00. The van der Waals surface area contributed by atoms with Gasteiger partial charge in [-0.3, -0.25) is 0 Å². The fourth-order valence-corrected chi connectivity index (χ4v) is 1.70. The van der Waals surface area contributed by atoms with Crippen LogP contribution in [-0.2, 0) is 0 Å². The molecule has 0 fully saturated rings. The van der Waals surface area contributed by atoms with E-state index in [1.54, 1.807) is 0 Å². The molecule has 74 valence electrons. The van der Waals surface area contributed by atoms with Crippen LogP contribution < -0.4 is 5.32 Å². The highest BCUT2D eigenvalue weighted by atomic mass is 14.9. The number of hydrogen-bond donors (Lipinski definition) is 1. The maximum atomic E-state index is 8.44. The van der Waals surface area contributed by atoms with Crippen molar-refractivity contribution in [3.63, 3.8) is 0 Å². The van der Waals surface area contributed by atoms with Gasteiger partial charge >= 0.3 is 0 Å². The molecule has 0 bridgehead atoms. The molecule has 1 aromatic rings. The summed E-state index contributed by atoms with van der Waals surface area (Å²) in [5.74, 6) is 0. The van der Waals surface area contributed by atoms with E-state index in [9.17, 15) is 0 Å². The van der Waals surface area contributed by atoms with E-state index in [1.165, 1.54) is 22.4 Å². The molecule has 0 atom stereocenters. The lowest BCUT2D eigenvalue weighted by Gasteiger charge is -2.12. The lowest BCUT2D eigenvalue weighted by atomic mass is 10.1. The molecule has 1 N–H and O–H groups in total. The summed E-state index contributed by atoms with van der Waals surface area (Å²) in [5, 5.41) is 11.7. The van der Waals surface area contributed by atoms with E-state index in [0.29, 0.717) is 6.42 Å². The Morgan fingerprint density at radius 2 is 1.79 bits per heavy atom. The Balaban J connectivity index is 2.81.